The van der Waals surface area contributed by atoms with Crippen LogP contribution in [0.3, 0.4) is 0 Å². The Kier molecular flexibility index (Phi) is 5.77. The van der Waals surface area contributed by atoms with Gasteiger partial charge in [0.1, 0.15) is 0 Å². The topological polar surface area (TPSA) is 74.1 Å². The van der Waals surface area contributed by atoms with Gasteiger partial charge in [-0.15, -0.1) is 0 Å². The Morgan fingerprint density at radius 3 is 2.38 bits per heavy atom. The number of likely N-dealkylation sites (tertiary alicyclic amines) is 1. The average molecular weight is 339 g/mol. The third-order valence-electron chi connectivity index (χ3n) is 6.29. The summed E-state index contributed by atoms with van der Waals surface area (Å²) in [5, 5.41) is 3.49. The zero-order chi connectivity index (χ0) is 17.3. The molecule has 3 N–H and O–H groups in total. The maximum Gasteiger partial charge on any atom is 0.221 e. The summed E-state index contributed by atoms with van der Waals surface area (Å²) in [6.07, 6.45) is 0. The lowest BCUT2D eigenvalue weighted by Crippen LogP contribution is -2.64. The van der Waals surface area contributed by atoms with Gasteiger partial charge in [-0.1, -0.05) is 0 Å². The van der Waals surface area contributed by atoms with E-state index in [9.17, 15) is 4.79 Å². The highest BCUT2D eigenvalue weighted by Crippen LogP contribution is 2.36. The molecule has 0 radical (unpaired) electrons. The number of likely N-dealkylation sites (N-methyl/N-ethyl adjacent to an activating group) is 2. The minimum Gasteiger partial charge on any atom is -0.378 e. The zero-order valence-corrected chi connectivity index (χ0v) is 15.3. The van der Waals surface area contributed by atoms with Crippen molar-refractivity contribution < 1.29 is 9.53 Å². The smallest absolute Gasteiger partial charge is 0.221 e. The number of piperazine rings is 1. The molecule has 138 valence electrons. The van der Waals surface area contributed by atoms with Gasteiger partial charge < -0.3 is 25.6 Å². The Morgan fingerprint density at radius 2 is 1.75 bits per heavy atom. The van der Waals surface area contributed by atoms with Crippen molar-refractivity contribution in [3.05, 3.63) is 0 Å². The van der Waals surface area contributed by atoms with Crippen molar-refractivity contribution in [2.24, 2.45) is 23.5 Å². The first kappa shape index (κ1) is 18.1. The van der Waals surface area contributed by atoms with Crippen molar-refractivity contribution in [3.8, 4) is 0 Å². The fraction of sp³-hybridized carbons (Fsp3) is 0.941. The number of nitrogens with two attached hydrogens (primary N) is 1. The first-order chi connectivity index (χ1) is 11.5. The number of ether oxygens (including phenoxy) is 1. The summed E-state index contributed by atoms with van der Waals surface area (Å²) >= 11 is 0. The standard InChI is InChI=1S/C17H33N5O2/c1-20-9-12(14-8-19-4-5-21(14)2)16(17(18)23)13(10-20)15-11-24-7-6-22(15)3/h12-16,19H,4-11H2,1-3H3,(H2,18,23). The quantitative estimate of drug-likeness (QED) is 0.652. The van der Waals surface area contributed by atoms with E-state index in [0.717, 1.165) is 45.9 Å². The third kappa shape index (κ3) is 3.60. The second-order valence-electron chi connectivity index (χ2n) is 7.85. The molecule has 7 heteroatoms. The number of hydrogen-bond donors (Lipinski definition) is 2. The molecule has 0 aliphatic carbocycles. The predicted molar refractivity (Wildman–Crippen MR) is 93.7 cm³/mol. The van der Waals surface area contributed by atoms with Crippen LogP contribution in [-0.2, 0) is 9.53 Å². The molecule has 3 saturated heterocycles. The number of nitrogens with one attached hydrogen (secondary N) is 1. The molecule has 0 aromatic rings. The molecule has 0 aromatic carbocycles. The molecule has 7 nitrogen and oxygen atoms in total. The van der Waals surface area contributed by atoms with E-state index in [1.165, 1.54) is 0 Å². The van der Waals surface area contributed by atoms with Gasteiger partial charge in [-0.05, 0) is 21.1 Å². The molecular weight excluding hydrogens is 306 g/mol. The molecule has 3 fully saturated rings. The predicted octanol–water partition coefficient (Wildman–Crippen LogP) is -1.50. The van der Waals surface area contributed by atoms with Gasteiger partial charge in [0.15, 0.2) is 0 Å². The number of amides is 1. The van der Waals surface area contributed by atoms with Crippen LogP contribution in [-0.4, -0.2) is 106 Å². The highest BCUT2D eigenvalue weighted by Gasteiger charge is 2.48. The summed E-state index contributed by atoms with van der Waals surface area (Å²) in [7, 11) is 6.48. The monoisotopic (exact) mass is 339 g/mol. The van der Waals surface area contributed by atoms with Gasteiger partial charge in [0.05, 0.1) is 13.2 Å². The van der Waals surface area contributed by atoms with E-state index in [2.05, 4.69) is 41.2 Å². The second kappa shape index (κ2) is 7.66. The minimum absolute atomic E-state index is 0.0947. The Labute approximate surface area is 145 Å². The molecular formula is C17H33N5O2. The van der Waals surface area contributed by atoms with Crippen molar-refractivity contribution >= 4 is 5.91 Å². The van der Waals surface area contributed by atoms with Gasteiger partial charge in [0.2, 0.25) is 5.91 Å². The Hall–Kier alpha value is -0.730. The fourth-order valence-electron chi connectivity index (χ4n) is 4.94. The number of primary amides is 1. The van der Waals surface area contributed by atoms with Crippen LogP contribution in [0.2, 0.25) is 0 Å². The Morgan fingerprint density at radius 1 is 1.08 bits per heavy atom. The summed E-state index contributed by atoms with van der Waals surface area (Å²) in [6, 6.07) is 0.625. The highest BCUT2D eigenvalue weighted by molar-refractivity contribution is 5.77. The van der Waals surface area contributed by atoms with Crippen molar-refractivity contribution in [1.82, 2.24) is 20.0 Å². The zero-order valence-electron chi connectivity index (χ0n) is 15.3. The molecule has 5 unspecified atom stereocenters. The van der Waals surface area contributed by atoms with Crippen LogP contribution in [0.5, 0.6) is 0 Å². The van der Waals surface area contributed by atoms with Crippen LogP contribution in [0, 0.1) is 17.8 Å². The number of piperidine rings is 1. The molecule has 5 atom stereocenters. The molecule has 3 heterocycles. The number of hydrogen-bond acceptors (Lipinski definition) is 6. The van der Waals surface area contributed by atoms with Gasteiger partial charge in [-0.3, -0.25) is 9.69 Å². The summed E-state index contributed by atoms with van der Waals surface area (Å²) in [5.74, 6) is 0.255. The third-order valence-corrected chi connectivity index (χ3v) is 6.29. The first-order valence-electron chi connectivity index (χ1n) is 9.16. The van der Waals surface area contributed by atoms with Crippen LogP contribution >= 0.6 is 0 Å². The van der Waals surface area contributed by atoms with Crippen molar-refractivity contribution in [2.75, 3.05) is 73.6 Å². The lowest BCUT2D eigenvalue weighted by Gasteiger charge is -2.51. The van der Waals surface area contributed by atoms with Crippen molar-refractivity contribution in [3.63, 3.8) is 0 Å². The maximum atomic E-state index is 12.5. The van der Waals surface area contributed by atoms with Gasteiger partial charge in [-0.25, -0.2) is 0 Å². The number of morpholine rings is 1. The van der Waals surface area contributed by atoms with E-state index in [1.807, 2.05) is 0 Å². The van der Waals surface area contributed by atoms with Gasteiger partial charge in [0, 0.05) is 69.1 Å². The lowest BCUT2D eigenvalue weighted by molar-refractivity contribution is -0.135. The van der Waals surface area contributed by atoms with Gasteiger partial charge in [-0.2, -0.15) is 0 Å². The number of carbonyl (C=O) groups excluding carboxylic acids is 1. The number of rotatable bonds is 3. The van der Waals surface area contributed by atoms with Crippen molar-refractivity contribution in [2.45, 2.75) is 12.1 Å². The van der Waals surface area contributed by atoms with E-state index >= 15 is 0 Å². The molecule has 3 aliphatic rings. The van der Waals surface area contributed by atoms with E-state index in [-0.39, 0.29) is 29.7 Å². The molecule has 0 bridgehead atoms. The Bertz CT molecular complexity index is 417. The minimum atomic E-state index is -0.143. The lowest BCUT2D eigenvalue weighted by atomic mass is 9.70. The first-order valence-corrected chi connectivity index (χ1v) is 9.16. The number of nitrogens with zero attached hydrogens (tertiary/aromatic N) is 3. The maximum absolute atomic E-state index is 12.5. The molecule has 24 heavy (non-hydrogen) atoms. The second-order valence-corrected chi connectivity index (χ2v) is 7.85. The van der Waals surface area contributed by atoms with Crippen LogP contribution < -0.4 is 11.1 Å². The summed E-state index contributed by atoms with van der Waals surface area (Å²) in [4.78, 5) is 19.6. The largest absolute Gasteiger partial charge is 0.378 e. The Balaban J connectivity index is 1.85. The van der Waals surface area contributed by atoms with Gasteiger partial charge in [0.25, 0.3) is 0 Å². The highest BCUT2D eigenvalue weighted by atomic mass is 16.5. The summed E-state index contributed by atoms with van der Waals surface area (Å²) in [6.45, 7) is 7.20. The average Bonchev–Trinajstić information content (AvgIpc) is 2.54. The van der Waals surface area contributed by atoms with Crippen LogP contribution in [0.4, 0.5) is 0 Å². The van der Waals surface area contributed by atoms with Gasteiger partial charge >= 0.3 is 0 Å². The molecule has 0 saturated carbocycles. The molecule has 0 spiro atoms. The molecule has 1 amide bonds. The van der Waals surface area contributed by atoms with E-state index in [4.69, 9.17) is 10.5 Å². The van der Waals surface area contributed by atoms with Crippen LogP contribution in [0.15, 0.2) is 0 Å². The van der Waals surface area contributed by atoms with Crippen LogP contribution in [0.1, 0.15) is 0 Å². The van der Waals surface area contributed by atoms with E-state index in [0.29, 0.717) is 12.6 Å². The molecule has 0 aromatic heterocycles. The van der Waals surface area contributed by atoms with E-state index in [1.54, 1.807) is 0 Å². The van der Waals surface area contributed by atoms with Crippen LogP contribution in [0.25, 0.3) is 0 Å². The van der Waals surface area contributed by atoms with Crippen molar-refractivity contribution in [1.29, 1.82) is 0 Å². The van der Waals surface area contributed by atoms with E-state index < -0.39 is 0 Å². The fourth-order valence-corrected chi connectivity index (χ4v) is 4.94. The number of carbonyl (C=O) groups is 1. The molecule has 3 aliphatic heterocycles. The molecule has 3 rings (SSSR count). The summed E-state index contributed by atoms with van der Waals surface area (Å²) in [5.41, 5.74) is 5.94. The SMILES string of the molecule is CN1CC(C2CNCCN2C)C(C(N)=O)C(C2COCCN2C)C1. The normalized spacial score (nSPS) is 40.5. The summed E-state index contributed by atoms with van der Waals surface area (Å²) < 4.78 is 5.74.